The minimum Gasteiger partial charge on any atom is -0.387 e. The number of urea groups is 1. The number of carbonyl (C=O) groups excluding carboxylic acids is 1. The fraction of sp³-hybridized carbons (Fsp3) is 0.231. The van der Waals surface area contributed by atoms with Crippen LogP contribution in [0.25, 0.3) is 0 Å². The summed E-state index contributed by atoms with van der Waals surface area (Å²) in [7, 11) is 0. The highest BCUT2D eigenvalue weighted by Gasteiger charge is 2.10. The lowest BCUT2D eigenvalue weighted by Crippen LogP contribution is -2.32. The number of hydrogen-bond acceptors (Lipinski definition) is 4. The number of rotatable bonds is 4. The maximum atomic E-state index is 11.5. The van der Waals surface area contributed by atoms with Crippen molar-refractivity contribution in [3.05, 3.63) is 47.7 Å². The largest absolute Gasteiger partial charge is 0.387 e. The first-order valence-corrected chi connectivity index (χ1v) is 5.86. The number of nitrogens with zero attached hydrogens (tertiary/aromatic N) is 1. The summed E-state index contributed by atoms with van der Waals surface area (Å²) in [5.41, 5.74) is 0.750. The number of nitrogens with one attached hydrogen (secondary N) is 2. The molecule has 1 aromatic heterocycles. The van der Waals surface area contributed by atoms with Crippen molar-refractivity contribution in [2.24, 2.45) is 0 Å². The first-order valence-electron chi connectivity index (χ1n) is 5.86. The molecule has 0 saturated carbocycles. The van der Waals surface area contributed by atoms with E-state index in [2.05, 4.69) is 15.8 Å². The SMILES string of the molecule is Cc1cc(NC(=O)NC[C@H](O)c2ccccc2)no1. The van der Waals surface area contributed by atoms with E-state index in [1.807, 2.05) is 18.2 Å². The molecule has 6 nitrogen and oxygen atoms in total. The number of aliphatic hydroxyl groups excluding tert-OH is 1. The Kier molecular flexibility index (Phi) is 4.15. The van der Waals surface area contributed by atoms with Gasteiger partial charge in [0.25, 0.3) is 0 Å². The first-order chi connectivity index (χ1) is 9.15. The highest BCUT2D eigenvalue weighted by molar-refractivity contribution is 5.88. The smallest absolute Gasteiger partial charge is 0.320 e. The van der Waals surface area contributed by atoms with Crippen molar-refractivity contribution < 1.29 is 14.4 Å². The van der Waals surface area contributed by atoms with Crippen LogP contribution in [0.3, 0.4) is 0 Å². The van der Waals surface area contributed by atoms with Crippen LogP contribution >= 0.6 is 0 Å². The van der Waals surface area contributed by atoms with Gasteiger partial charge in [-0.25, -0.2) is 4.79 Å². The summed E-state index contributed by atoms with van der Waals surface area (Å²) in [6.45, 7) is 1.85. The number of aromatic nitrogens is 1. The van der Waals surface area contributed by atoms with Gasteiger partial charge in [-0.3, -0.25) is 5.32 Å². The lowest BCUT2D eigenvalue weighted by Gasteiger charge is -2.11. The molecule has 1 atom stereocenters. The van der Waals surface area contributed by atoms with Crippen molar-refractivity contribution in [1.82, 2.24) is 10.5 Å². The Morgan fingerprint density at radius 1 is 1.42 bits per heavy atom. The van der Waals surface area contributed by atoms with E-state index >= 15 is 0 Å². The van der Waals surface area contributed by atoms with Crippen molar-refractivity contribution in [3.8, 4) is 0 Å². The zero-order chi connectivity index (χ0) is 13.7. The summed E-state index contributed by atoms with van der Waals surface area (Å²) >= 11 is 0. The van der Waals surface area contributed by atoms with Crippen LogP contribution in [-0.4, -0.2) is 22.8 Å². The maximum absolute atomic E-state index is 11.5. The minimum absolute atomic E-state index is 0.118. The normalized spacial score (nSPS) is 11.9. The lowest BCUT2D eigenvalue weighted by molar-refractivity contribution is 0.175. The topological polar surface area (TPSA) is 87.4 Å². The van der Waals surface area contributed by atoms with Gasteiger partial charge in [-0.15, -0.1) is 0 Å². The zero-order valence-electron chi connectivity index (χ0n) is 10.5. The minimum atomic E-state index is -0.744. The number of amides is 2. The quantitative estimate of drug-likeness (QED) is 0.783. The molecule has 0 saturated heterocycles. The van der Waals surface area contributed by atoms with Gasteiger partial charge in [0, 0.05) is 12.6 Å². The van der Waals surface area contributed by atoms with E-state index in [-0.39, 0.29) is 6.54 Å². The second-order valence-corrected chi connectivity index (χ2v) is 4.08. The number of hydrogen-bond donors (Lipinski definition) is 3. The molecule has 2 aromatic rings. The summed E-state index contributed by atoms with van der Waals surface area (Å²) in [4.78, 5) is 11.5. The van der Waals surface area contributed by atoms with E-state index in [0.717, 1.165) is 5.56 Å². The lowest BCUT2D eigenvalue weighted by atomic mass is 10.1. The third-order valence-corrected chi connectivity index (χ3v) is 2.51. The van der Waals surface area contributed by atoms with Crippen LogP contribution in [0, 0.1) is 6.92 Å². The maximum Gasteiger partial charge on any atom is 0.320 e. The standard InChI is InChI=1S/C13H15N3O3/c1-9-7-12(16-19-9)15-13(18)14-8-11(17)10-5-3-2-4-6-10/h2-7,11,17H,8H2,1H3,(H2,14,15,16,18)/t11-/m0/s1. The van der Waals surface area contributed by atoms with Gasteiger partial charge in [0.1, 0.15) is 5.76 Å². The van der Waals surface area contributed by atoms with Crippen molar-refractivity contribution >= 4 is 11.8 Å². The van der Waals surface area contributed by atoms with Gasteiger partial charge in [0.15, 0.2) is 5.82 Å². The van der Waals surface area contributed by atoms with Gasteiger partial charge in [0.05, 0.1) is 6.10 Å². The molecule has 1 heterocycles. The van der Waals surface area contributed by atoms with Gasteiger partial charge in [0.2, 0.25) is 0 Å². The van der Waals surface area contributed by atoms with Crippen LogP contribution in [0.15, 0.2) is 40.9 Å². The van der Waals surface area contributed by atoms with Crippen molar-refractivity contribution in [2.45, 2.75) is 13.0 Å². The number of carbonyl (C=O) groups is 1. The second kappa shape index (κ2) is 6.01. The van der Waals surface area contributed by atoms with Gasteiger partial charge in [-0.2, -0.15) is 0 Å². The van der Waals surface area contributed by atoms with Crippen molar-refractivity contribution in [1.29, 1.82) is 0 Å². The van der Waals surface area contributed by atoms with E-state index in [1.54, 1.807) is 25.1 Å². The van der Waals surface area contributed by atoms with Crippen LogP contribution < -0.4 is 10.6 Å². The molecule has 0 aliphatic carbocycles. The Labute approximate surface area is 110 Å². The monoisotopic (exact) mass is 261 g/mol. The highest BCUT2D eigenvalue weighted by atomic mass is 16.5. The number of aryl methyl sites for hydroxylation is 1. The second-order valence-electron chi connectivity index (χ2n) is 4.08. The third-order valence-electron chi connectivity index (χ3n) is 2.51. The number of benzene rings is 1. The van der Waals surface area contributed by atoms with Crippen LogP contribution in [0.2, 0.25) is 0 Å². The predicted molar refractivity (Wildman–Crippen MR) is 69.7 cm³/mol. The molecule has 0 aliphatic rings. The van der Waals surface area contributed by atoms with Crippen LogP contribution in [-0.2, 0) is 0 Å². The Morgan fingerprint density at radius 3 is 2.79 bits per heavy atom. The van der Waals surface area contributed by atoms with Gasteiger partial charge >= 0.3 is 6.03 Å². The zero-order valence-corrected chi connectivity index (χ0v) is 10.5. The highest BCUT2D eigenvalue weighted by Crippen LogP contribution is 2.11. The summed E-state index contributed by atoms with van der Waals surface area (Å²) < 4.78 is 4.82. The van der Waals surface area contributed by atoms with E-state index in [9.17, 15) is 9.90 Å². The molecule has 0 spiro atoms. The molecule has 2 rings (SSSR count). The number of aliphatic hydroxyl groups is 1. The molecular weight excluding hydrogens is 246 g/mol. The third kappa shape index (κ3) is 3.82. The van der Waals surface area contributed by atoms with Crippen LogP contribution in [0.4, 0.5) is 10.6 Å². The van der Waals surface area contributed by atoms with Crippen LogP contribution in [0.1, 0.15) is 17.4 Å². The molecular formula is C13H15N3O3. The molecule has 0 fully saturated rings. The first kappa shape index (κ1) is 13.1. The van der Waals surface area contributed by atoms with E-state index in [4.69, 9.17) is 4.52 Å². The van der Waals surface area contributed by atoms with Crippen LogP contribution in [0.5, 0.6) is 0 Å². The summed E-state index contributed by atoms with van der Waals surface area (Å²) in [5, 5.41) is 18.6. The summed E-state index contributed by atoms with van der Waals surface area (Å²) in [6.07, 6.45) is -0.744. The van der Waals surface area contributed by atoms with Crippen molar-refractivity contribution in [2.75, 3.05) is 11.9 Å². The Hall–Kier alpha value is -2.34. The molecule has 100 valence electrons. The molecule has 19 heavy (non-hydrogen) atoms. The van der Waals surface area contributed by atoms with Gasteiger partial charge in [-0.1, -0.05) is 35.5 Å². The molecule has 0 bridgehead atoms. The Morgan fingerprint density at radius 2 is 2.16 bits per heavy atom. The fourth-order valence-electron chi connectivity index (χ4n) is 1.57. The molecule has 2 amide bonds. The molecule has 0 unspecified atom stereocenters. The number of anilines is 1. The molecule has 3 N–H and O–H groups in total. The Bertz CT molecular complexity index is 539. The Balaban J connectivity index is 1.80. The van der Waals surface area contributed by atoms with E-state index in [1.165, 1.54) is 0 Å². The molecule has 1 aromatic carbocycles. The molecule has 0 aliphatic heterocycles. The van der Waals surface area contributed by atoms with E-state index < -0.39 is 12.1 Å². The van der Waals surface area contributed by atoms with E-state index in [0.29, 0.717) is 11.6 Å². The molecule has 0 radical (unpaired) electrons. The summed E-state index contributed by atoms with van der Waals surface area (Å²) in [6, 6.07) is 10.3. The fourth-order valence-corrected chi connectivity index (χ4v) is 1.57. The average Bonchev–Trinajstić information content (AvgIpc) is 2.82. The van der Waals surface area contributed by atoms with Crippen molar-refractivity contribution in [3.63, 3.8) is 0 Å². The summed E-state index contributed by atoms with van der Waals surface area (Å²) in [5.74, 6) is 0.948. The van der Waals surface area contributed by atoms with Gasteiger partial charge < -0.3 is 14.9 Å². The molecule has 6 heteroatoms. The average molecular weight is 261 g/mol. The van der Waals surface area contributed by atoms with Gasteiger partial charge in [-0.05, 0) is 12.5 Å². The predicted octanol–water partition coefficient (Wildman–Crippen LogP) is 1.84.